The molecular weight excluding hydrogens is 382 g/mol. The Morgan fingerprint density at radius 3 is 2.75 bits per heavy atom. The number of anilines is 2. The Morgan fingerprint density at radius 1 is 1.29 bits per heavy atom. The first kappa shape index (κ1) is 19.8. The Morgan fingerprint density at radius 2 is 2.07 bits per heavy atom. The van der Waals surface area contributed by atoms with Gasteiger partial charge in [0.15, 0.2) is 11.9 Å². The molecule has 1 unspecified atom stereocenters. The Labute approximate surface area is 167 Å². The molecule has 28 heavy (non-hydrogen) atoms. The molecule has 1 atom stereocenters. The van der Waals surface area contributed by atoms with E-state index in [9.17, 15) is 14.4 Å². The van der Waals surface area contributed by atoms with Crippen LogP contribution in [0.25, 0.3) is 0 Å². The number of hydrogen-bond donors (Lipinski definition) is 1. The number of hydrogen-bond acceptors (Lipinski definition) is 5. The van der Waals surface area contributed by atoms with Gasteiger partial charge in [-0.1, -0.05) is 18.5 Å². The average Bonchev–Trinajstić information content (AvgIpc) is 2.67. The molecule has 0 fully saturated rings. The van der Waals surface area contributed by atoms with Crippen molar-refractivity contribution in [1.82, 2.24) is 4.98 Å². The van der Waals surface area contributed by atoms with Gasteiger partial charge in [0.2, 0.25) is 5.91 Å². The highest BCUT2D eigenvalue weighted by molar-refractivity contribution is 6.30. The lowest BCUT2D eigenvalue weighted by atomic mass is 10.0. The molecule has 1 N–H and O–H groups in total. The van der Waals surface area contributed by atoms with Crippen molar-refractivity contribution in [3.63, 3.8) is 0 Å². The maximum atomic E-state index is 12.6. The Bertz CT molecular complexity index is 914. The molecular formula is C20H20ClN3O4. The summed E-state index contributed by atoms with van der Waals surface area (Å²) in [7, 11) is 0. The summed E-state index contributed by atoms with van der Waals surface area (Å²) < 4.78 is 5.62. The zero-order valence-electron chi connectivity index (χ0n) is 15.6. The number of carbonyl (C=O) groups is 3. The van der Waals surface area contributed by atoms with Gasteiger partial charge in [0.25, 0.3) is 5.91 Å². The molecule has 1 aliphatic rings. The van der Waals surface area contributed by atoms with Crippen LogP contribution in [-0.2, 0) is 9.59 Å². The van der Waals surface area contributed by atoms with Crippen LogP contribution >= 0.6 is 11.6 Å². The van der Waals surface area contributed by atoms with Crippen molar-refractivity contribution in [2.45, 2.75) is 32.8 Å². The second-order valence-corrected chi connectivity index (χ2v) is 6.89. The first-order valence-corrected chi connectivity index (χ1v) is 9.33. The molecule has 2 amide bonds. The van der Waals surface area contributed by atoms with E-state index in [1.807, 2.05) is 6.92 Å². The van der Waals surface area contributed by atoms with Gasteiger partial charge in [0.05, 0.1) is 10.7 Å². The molecule has 7 nitrogen and oxygen atoms in total. The predicted octanol–water partition coefficient (Wildman–Crippen LogP) is 3.47. The highest BCUT2D eigenvalue weighted by Crippen LogP contribution is 2.35. The van der Waals surface area contributed by atoms with Gasteiger partial charge in [-0.05, 0) is 43.7 Å². The number of Topliss-reactive ketones (excluding diaryl/α,β-unsaturated/α-hetero) is 1. The van der Waals surface area contributed by atoms with Gasteiger partial charge in [-0.2, -0.15) is 0 Å². The minimum Gasteiger partial charge on any atom is -0.479 e. The van der Waals surface area contributed by atoms with E-state index in [4.69, 9.17) is 16.3 Å². The lowest BCUT2D eigenvalue weighted by Crippen LogP contribution is -2.47. The van der Waals surface area contributed by atoms with Gasteiger partial charge in [0, 0.05) is 18.2 Å². The van der Waals surface area contributed by atoms with Gasteiger partial charge < -0.3 is 10.1 Å². The van der Waals surface area contributed by atoms with E-state index in [1.54, 1.807) is 37.3 Å². The molecule has 1 aliphatic heterocycles. The zero-order valence-corrected chi connectivity index (χ0v) is 16.3. The smallest absolute Gasteiger partial charge is 0.268 e. The van der Waals surface area contributed by atoms with E-state index in [-0.39, 0.29) is 18.2 Å². The van der Waals surface area contributed by atoms with Gasteiger partial charge in [-0.25, -0.2) is 4.98 Å². The number of nitrogens with zero attached hydrogens (tertiary/aromatic N) is 2. The van der Waals surface area contributed by atoms with E-state index < -0.39 is 12.0 Å². The molecule has 8 heteroatoms. The molecule has 1 aromatic carbocycles. The SMILES string of the molecule is CCCC(=O)c1ccc2c(c1)N(CC(=O)Nc1ccc(Cl)cn1)C(=O)C(C)O2. The maximum Gasteiger partial charge on any atom is 0.268 e. The lowest BCUT2D eigenvalue weighted by Gasteiger charge is -2.32. The number of benzene rings is 1. The molecule has 3 rings (SSSR count). The number of ketones is 1. The molecule has 146 valence electrons. The Kier molecular flexibility index (Phi) is 5.94. The summed E-state index contributed by atoms with van der Waals surface area (Å²) in [4.78, 5) is 42.7. The highest BCUT2D eigenvalue weighted by atomic mass is 35.5. The fraction of sp³-hybridized carbons (Fsp3) is 0.300. The van der Waals surface area contributed by atoms with Crippen LogP contribution in [0, 0.1) is 0 Å². The monoisotopic (exact) mass is 401 g/mol. The first-order chi connectivity index (χ1) is 13.4. The van der Waals surface area contributed by atoms with Crippen LogP contribution in [0.1, 0.15) is 37.0 Å². The molecule has 0 bridgehead atoms. The van der Waals surface area contributed by atoms with Crippen LogP contribution in [0.3, 0.4) is 0 Å². The molecule has 0 spiro atoms. The van der Waals surface area contributed by atoms with Crippen LogP contribution in [0.4, 0.5) is 11.5 Å². The van der Waals surface area contributed by atoms with Gasteiger partial charge >= 0.3 is 0 Å². The third kappa shape index (κ3) is 4.31. The number of aromatic nitrogens is 1. The van der Waals surface area contributed by atoms with Crippen molar-refractivity contribution in [3.05, 3.63) is 47.1 Å². The Balaban J connectivity index is 1.84. The van der Waals surface area contributed by atoms with Crippen LogP contribution in [0.5, 0.6) is 5.75 Å². The van der Waals surface area contributed by atoms with Crippen LogP contribution in [0.2, 0.25) is 5.02 Å². The largest absolute Gasteiger partial charge is 0.479 e. The Hall–Kier alpha value is -2.93. The summed E-state index contributed by atoms with van der Waals surface area (Å²) in [6.07, 6.45) is 1.82. The summed E-state index contributed by atoms with van der Waals surface area (Å²) in [6.45, 7) is 3.31. The summed E-state index contributed by atoms with van der Waals surface area (Å²) in [6, 6.07) is 8.11. The summed E-state index contributed by atoms with van der Waals surface area (Å²) in [5.41, 5.74) is 0.889. The zero-order chi connectivity index (χ0) is 20.3. The number of halogens is 1. The highest BCUT2D eigenvalue weighted by Gasteiger charge is 2.33. The topological polar surface area (TPSA) is 88.6 Å². The minimum absolute atomic E-state index is 0.0221. The normalized spacial score (nSPS) is 15.6. The molecule has 2 heterocycles. The van der Waals surface area contributed by atoms with Crippen LogP contribution in [0.15, 0.2) is 36.5 Å². The maximum absolute atomic E-state index is 12.6. The first-order valence-electron chi connectivity index (χ1n) is 8.95. The minimum atomic E-state index is -0.730. The third-order valence-corrected chi connectivity index (χ3v) is 4.49. The van der Waals surface area contributed by atoms with Crippen molar-refractivity contribution in [3.8, 4) is 5.75 Å². The van der Waals surface area contributed by atoms with Crippen LogP contribution in [-0.4, -0.2) is 35.2 Å². The molecule has 1 aromatic heterocycles. The second kappa shape index (κ2) is 8.39. The fourth-order valence-corrected chi connectivity index (χ4v) is 3.00. The molecule has 0 aliphatic carbocycles. The number of rotatable bonds is 6. The molecule has 2 aromatic rings. The molecule has 0 radical (unpaired) electrons. The van der Waals surface area contributed by atoms with E-state index in [2.05, 4.69) is 10.3 Å². The van der Waals surface area contributed by atoms with E-state index in [0.29, 0.717) is 34.3 Å². The van der Waals surface area contributed by atoms with Crippen molar-refractivity contribution >= 4 is 40.7 Å². The predicted molar refractivity (Wildman–Crippen MR) is 106 cm³/mol. The van der Waals surface area contributed by atoms with E-state index in [1.165, 1.54) is 11.1 Å². The van der Waals surface area contributed by atoms with Crippen molar-refractivity contribution < 1.29 is 19.1 Å². The molecule has 0 saturated carbocycles. The standard InChI is InChI=1S/C20H20ClN3O4/c1-3-4-16(25)13-5-7-17-15(9-13)24(20(27)12(2)28-17)11-19(26)23-18-8-6-14(21)10-22-18/h5-10,12H,3-4,11H2,1-2H3,(H,22,23,26). The molecule has 0 saturated heterocycles. The number of amides is 2. The quantitative estimate of drug-likeness (QED) is 0.748. The van der Waals surface area contributed by atoms with Gasteiger partial charge in [0.1, 0.15) is 18.1 Å². The van der Waals surface area contributed by atoms with Crippen molar-refractivity contribution in [2.75, 3.05) is 16.8 Å². The second-order valence-electron chi connectivity index (χ2n) is 6.45. The number of nitrogens with one attached hydrogen (secondary N) is 1. The average molecular weight is 402 g/mol. The van der Waals surface area contributed by atoms with Gasteiger partial charge in [-0.15, -0.1) is 0 Å². The summed E-state index contributed by atoms with van der Waals surface area (Å²) in [5, 5.41) is 3.08. The van der Waals surface area contributed by atoms with E-state index in [0.717, 1.165) is 6.42 Å². The van der Waals surface area contributed by atoms with Crippen LogP contribution < -0.4 is 15.0 Å². The lowest BCUT2D eigenvalue weighted by molar-refractivity contribution is -0.127. The summed E-state index contributed by atoms with van der Waals surface area (Å²) >= 11 is 5.79. The van der Waals surface area contributed by atoms with E-state index >= 15 is 0 Å². The number of fused-ring (bicyclic) bond motifs is 1. The number of carbonyl (C=O) groups excluding carboxylic acids is 3. The number of pyridine rings is 1. The number of ether oxygens (including phenoxy) is 1. The van der Waals surface area contributed by atoms with Crippen molar-refractivity contribution in [1.29, 1.82) is 0 Å². The van der Waals surface area contributed by atoms with Gasteiger partial charge in [-0.3, -0.25) is 19.3 Å². The third-order valence-electron chi connectivity index (χ3n) is 4.26. The fourth-order valence-electron chi connectivity index (χ4n) is 2.89. The summed E-state index contributed by atoms with van der Waals surface area (Å²) in [5.74, 6) is -0.0146. The van der Waals surface area contributed by atoms with Crippen molar-refractivity contribution in [2.24, 2.45) is 0 Å².